The minimum Gasteiger partial charge on any atom is -0.468 e. The van der Waals surface area contributed by atoms with Gasteiger partial charge in [0.1, 0.15) is 6.04 Å². The summed E-state index contributed by atoms with van der Waals surface area (Å²) in [7, 11) is 1.44. The Labute approximate surface area is 174 Å². The molecule has 3 heterocycles. The number of piperidine rings is 1. The number of aliphatic hydroxyl groups is 1. The number of ether oxygens (including phenoxy) is 1. The highest BCUT2D eigenvalue weighted by atomic mass is 35.5. The van der Waals surface area contributed by atoms with Crippen molar-refractivity contribution in [3.63, 3.8) is 0 Å². The van der Waals surface area contributed by atoms with Gasteiger partial charge in [0.2, 0.25) is 0 Å². The van der Waals surface area contributed by atoms with E-state index in [1.54, 1.807) is 0 Å². The molecule has 5 rings (SSSR count). The van der Waals surface area contributed by atoms with Crippen LogP contribution >= 0.6 is 11.6 Å². The molecule has 5 nitrogen and oxygen atoms in total. The van der Waals surface area contributed by atoms with E-state index < -0.39 is 12.1 Å². The highest BCUT2D eigenvalue weighted by molar-refractivity contribution is 6.30. The summed E-state index contributed by atoms with van der Waals surface area (Å²) in [5.74, 6) is -0.241. The summed E-state index contributed by atoms with van der Waals surface area (Å²) in [6, 6.07) is 15.2. The fourth-order valence-corrected chi connectivity index (χ4v) is 5.36. The van der Waals surface area contributed by atoms with Crippen molar-refractivity contribution in [3.8, 4) is 0 Å². The van der Waals surface area contributed by atoms with E-state index in [2.05, 4.69) is 22.0 Å². The zero-order chi connectivity index (χ0) is 20.1. The second-order valence-corrected chi connectivity index (χ2v) is 8.40. The monoisotopic (exact) mass is 410 g/mol. The molecule has 2 N–H and O–H groups in total. The molecule has 6 heteroatoms. The van der Waals surface area contributed by atoms with Gasteiger partial charge in [0.05, 0.1) is 19.3 Å². The lowest BCUT2D eigenvalue weighted by Gasteiger charge is -2.49. The lowest BCUT2D eigenvalue weighted by Crippen LogP contribution is -2.53. The summed E-state index contributed by atoms with van der Waals surface area (Å²) in [4.78, 5) is 18.6. The molecule has 0 unspecified atom stereocenters. The summed E-state index contributed by atoms with van der Waals surface area (Å²) in [5, 5.41) is 12.5. The first-order chi connectivity index (χ1) is 14.1. The summed E-state index contributed by atoms with van der Waals surface area (Å²) < 4.78 is 5.20. The molecular formula is C23H23ClN2O3. The molecule has 29 heavy (non-hydrogen) atoms. The van der Waals surface area contributed by atoms with Gasteiger partial charge in [-0.2, -0.15) is 0 Å². The number of carbonyl (C=O) groups excluding carboxylic acids is 1. The zero-order valence-corrected chi connectivity index (χ0v) is 16.9. The normalized spacial score (nSPS) is 26.7. The van der Waals surface area contributed by atoms with Crippen molar-refractivity contribution < 1.29 is 14.6 Å². The number of esters is 1. The molecule has 1 aromatic heterocycles. The van der Waals surface area contributed by atoms with E-state index in [0.717, 1.165) is 27.7 Å². The van der Waals surface area contributed by atoms with E-state index in [0.29, 0.717) is 24.3 Å². The number of halogens is 1. The fourth-order valence-electron chi connectivity index (χ4n) is 5.16. The van der Waals surface area contributed by atoms with Gasteiger partial charge in [-0.3, -0.25) is 9.69 Å². The van der Waals surface area contributed by atoms with E-state index in [1.807, 2.05) is 36.4 Å². The molecule has 1 saturated heterocycles. The minimum atomic E-state index is -0.462. The van der Waals surface area contributed by atoms with Crippen LogP contribution in [0.5, 0.6) is 0 Å². The van der Waals surface area contributed by atoms with Crippen LogP contribution in [-0.2, 0) is 16.0 Å². The van der Waals surface area contributed by atoms with Crippen molar-refractivity contribution in [1.82, 2.24) is 9.88 Å². The van der Waals surface area contributed by atoms with Gasteiger partial charge in [0, 0.05) is 34.1 Å². The first-order valence-corrected chi connectivity index (χ1v) is 10.3. The fraction of sp³-hybridized carbons (Fsp3) is 0.348. The van der Waals surface area contributed by atoms with Crippen LogP contribution in [0, 0.1) is 0 Å². The Bertz CT molecular complexity index is 1080. The van der Waals surface area contributed by atoms with Crippen molar-refractivity contribution in [2.24, 2.45) is 0 Å². The number of methoxy groups -OCH3 is 1. The Morgan fingerprint density at radius 1 is 1.17 bits per heavy atom. The van der Waals surface area contributed by atoms with E-state index >= 15 is 0 Å². The van der Waals surface area contributed by atoms with E-state index in [-0.39, 0.29) is 18.1 Å². The van der Waals surface area contributed by atoms with Crippen LogP contribution in [-0.4, -0.2) is 40.2 Å². The highest BCUT2D eigenvalue weighted by Gasteiger charge is 2.48. The van der Waals surface area contributed by atoms with Gasteiger partial charge in [0.25, 0.3) is 0 Å². The van der Waals surface area contributed by atoms with Crippen molar-refractivity contribution in [3.05, 3.63) is 70.4 Å². The minimum absolute atomic E-state index is 0.0945. The van der Waals surface area contributed by atoms with Gasteiger partial charge in [-0.25, -0.2) is 0 Å². The second kappa shape index (κ2) is 7.17. The Morgan fingerprint density at radius 3 is 2.76 bits per heavy atom. The number of H-pyrrole nitrogens is 1. The second-order valence-electron chi connectivity index (χ2n) is 7.96. The topological polar surface area (TPSA) is 65.6 Å². The molecule has 0 spiro atoms. The summed E-state index contributed by atoms with van der Waals surface area (Å²) in [5.41, 5.74) is 4.31. The molecule has 3 aromatic rings. The number of para-hydroxylation sites is 1. The van der Waals surface area contributed by atoms with Crippen LogP contribution < -0.4 is 0 Å². The van der Waals surface area contributed by atoms with E-state index in [9.17, 15) is 9.90 Å². The molecular weight excluding hydrogens is 388 g/mol. The number of aliphatic hydroxyl groups excluding tert-OH is 1. The maximum absolute atomic E-state index is 12.9. The number of rotatable bonds is 2. The first kappa shape index (κ1) is 18.7. The van der Waals surface area contributed by atoms with Crippen LogP contribution in [0.15, 0.2) is 48.5 Å². The van der Waals surface area contributed by atoms with Crippen molar-refractivity contribution in [1.29, 1.82) is 0 Å². The van der Waals surface area contributed by atoms with Crippen LogP contribution in [0.1, 0.15) is 41.7 Å². The lowest BCUT2D eigenvalue weighted by molar-refractivity contribution is -0.153. The van der Waals surface area contributed by atoms with Gasteiger partial charge in [-0.15, -0.1) is 0 Å². The smallest absolute Gasteiger partial charge is 0.323 e. The molecule has 0 saturated carbocycles. The quantitative estimate of drug-likeness (QED) is 0.622. The number of aromatic nitrogens is 1. The highest BCUT2D eigenvalue weighted by Crippen LogP contribution is 2.48. The van der Waals surface area contributed by atoms with Crippen molar-refractivity contribution in [2.75, 3.05) is 7.11 Å². The Morgan fingerprint density at radius 2 is 1.97 bits per heavy atom. The Kier molecular flexibility index (Phi) is 4.62. The van der Waals surface area contributed by atoms with Crippen molar-refractivity contribution in [2.45, 2.75) is 43.5 Å². The summed E-state index contributed by atoms with van der Waals surface area (Å²) in [6.45, 7) is 0. The number of hydrogen-bond acceptors (Lipinski definition) is 4. The van der Waals surface area contributed by atoms with Gasteiger partial charge in [0.15, 0.2) is 0 Å². The molecule has 150 valence electrons. The maximum Gasteiger partial charge on any atom is 0.323 e. The number of nitrogens with zero attached hydrogens (tertiary/aromatic N) is 1. The SMILES string of the molecule is COC(=O)[C@@H]1Cc2c([nH]c3ccccc23)[C@H]2C[C@@H](O)C[C@@H](c3cccc(Cl)c3)N21. The Balaban J connectivity index is 1.68. The third-order valence-electron chi connectivity index (χ3n) is 6.35. The zero-order valence-electron chi connectivity index (χ0n) is 16.1. The molecule has 4 atom stereocenters. The first-order valence-electron chi connectivity index (χ1n) is 9.95. The van der Waals surface area contributed by atoms with Crippen LogP contribution in [0.3, 0.4) is 0 Å². The predicted octanol–water partition coefficient (Wildman–Crippen LogP) is 4.16. The Hall–Kier alpha value is -2.34. The van der Waals surface area contributed by atoms with Crippen LogP contribution in [0.2, 0.25) is 5.02 Å². The third kappa shape index (κ3) is 3.05. The van der Waals surface area contributed by atoms with Gasteiger partial charge in [-0.05, 0) is 42.2 Å². The number of fused-ring (bicyclic) bond motifs is 5. The summed E-state index contributed by atoms with van der Waals surface area (Å²) in [6.07, 6.45) is 1.25. The lowest BCUT2D eigenvalue weighted by atomic mass is 9.80. The largest absolute Gasteiger partial charge is 0.468 e. The third-order valence-corrected chi connectivity index (χ3v) is 6.59. The molecule has 0 radical (unpaired) electrons. The molecule has 2 aliphatic rings. The standard InChI is InChI=1S/C23H23ClN2O3/c1-29-23(28)21-12-17-16-7-2-3-8-18(16)25-22(17)20-11-15(27)10-19(26(20)21)13-5-4-6-14(24)9-13/h2-9,15,19-21,25,27H,10-12H2,1H3/t15-,19-,20+,21-/m0/s1. The van der Waals surface area contributed by atoms with Gasteiger partial charge < -0.3 is 14.8 Å². The van der Waals surface area contributed by atoms with Gasteiger partial charge >= 0.3 is 5.97 Å². The molecule has 0 aliphatic carbocycles. The predicted molar refractivity (Wildman–Crippen MR) is 112 cm³/mol. The average Bonchev–Trinajstić information content (AvgIpc) is 3.11. The van der Waals surface area contributed by atoms with E-state index in [1.165, 1.54) is 7.11 Å². The molecule has 2 aromatic carbocycles. The van der Waals surface area contributed by atoms with Crippen LogP contribution in [0.25, 0.3) is 10.9 Å². The number of hydrogen-bond donors (Lipinski definition) is 2. The summed E-state index contributed by atoms with van der Waals surface area (Å²) >= 11 is 6.26. The van der Waals surface area contributed by atoms with Crippen LogP contribution in [0.4, 0.5) is 0 Å². The van der Waals surface area contributed by atoms with Crippen molar-refractivity contribution >= 4 is 28.5 Å². The average molecular weight is 411 g/mol. The number of aromatic amines is 1. The van der Waals surface area contributed by atoms with E-state index in [4.69, 9.17) is 16.3 Å². The number of nitrogens with one attached hydrogen (secondary N) is 1. The maximum atomic E-state index is 12.9. The number of benzene rings is 2. The molecule has 0 amide bonds. The molecule has 0 bridgehead atoms. The molecule has 1 fully saturated rings. The number of carbonyl (C=O) groups is 1. The van der Waals surface area contributed by atoms with Gasteiger partial charge in [-0.1, -0.05) is 41.9 Å². The molecule has 2 aliphatic heterocycles.